The predicted octanol–water partition coefficient (Wildman–Crippen LogP) is 3.46. The first-order valence-electron chi connectivity index (χ1n) is 7.62. The number of alkyl carbamates (subject to hydrolysis) is 1. The molecule has 1 amide bonds. The van der Waals surface area contributed by atoms with Crippen molar-refractivity contribution in [1.82, 2.24) is 10.6 Å². The van der Waals surface area contributed by atoms with Crippen LogP contribution in [-0.2, 0) is 11.3 Å². The minimum atomic E-state index is -0.507. The van der Waals surface area contributed by atoms with E-state index in [4.69, 9.17) is 4.74 Å². The highest BCUT2D eigenvalue weighted by Gasteiger charge is 2.21. The molecule has 0 spiro atoms. The molecule has 1 unspecified atom stereocenters. The van der Waals surface area contributed by atoms with Crippen LogP contribution in [0.25, 0.3) is 0 Å². The van der Waals surface area contributed by atoms with Crippen molar-refractivity contribution in [3.63, 3.8) is 0 Å². The summed E-state index contributed by atoms with van der Waals surface area (Å²) in [5.74, 6) is 0.0311. The van der Waals surface area contributed by atoms with Crippen LogP contribution in [0, 0.1) is 11.7 Å². The molecule has 0 aliphatic carbocycles. The standard InChI is InChI=1S/C17H27FN2O2/c1-12(2)15(20-16(21)22-17(3,4)5)11-19-10-13-6-8-14(18)9-7-13/h6-9,12,15,19H,10-11H2,1-5H3,(H,20,21). The Morgan fingerprint density at radius 2 is 1.82 bits per heavy atom. The summed E-state index contributed by atoms with van der Waals surface area (Å²) in [6, 6.07) is 6.34. The zero-order chi connectivity index (χ0) is 16.8. The number of halogens is 1. The van der Waals surface area contributed by atoms with Crippen molar-refractivity contribution in [3.8, 4) is 0 Å². The minimum absolute atomic E-state index is 0.0321. The maximum atomic E-state index is 12.8. The summed E-state index contributed by atoms with van der Waals surface area (Å²) < 4.78 is 18.1. The molecule has 0 fully saturated rings. The Labute approximate surface area is 132 Å². The second-order valence-electron chi connectivity index (χ2n) is 6.75. The lowest BCUT2D eigenvalue weighted by Gasteiger charge is -2.26. The predicted molar refractivity (Wildman–Crippen MR) is 86.1 cm³/mol. The molecule has 22 heavy (non-hydrogen) atoms. The molecule has 0 bridgehead atoms. The fourth-order valence-electron chi connectivity index (χ4n) is 1.89. The molecule has 1 aromatic rings. The van der Waals surface area contributed by atoms with Gasteiger partial charge in [-0.15, -0.1) is 0 Å². The van der Waals surface area contributed by atoms with Gasteiger partial charge in [-0.3, -0.25) is 0 Å². The number of hydrogen-bond acceptors (Lipinski definition) is 3. The summed E-state index contributed by atoms with van der Waals surface area (Å²) in [4.78, 5) is 11.8. The van der Waals surface area contributed by atoms with Gasteiger partial charge in [-0.25, -0.2) is 9.18 Å². The summed E-state index contributed by atoms with van der Waals surface area (Å²) in [6.07, 6.45) is -0.408. The first-order valence-corrected chi connectivity index (χ1v) is 7.62. The average Bonchev–Trinajstić information content (AvgIpc) is 2.37. The lowest BCUT2D eigenvalue weighted by Crippen LogP contribution is -2.46. The summed E-state index contributed by atoms with van der Waals surface area (Å²) in [5, 5.41) is 6.16. The Hall–Kier alpha value is -1.62. The van der Waals surface area contributed by atoms with E-state index in [1.807, 2.05) is 34.6 Å². The molecule has 4 nitrogen and oxygen atoms in total. The number of rotatable bonds is 6. The van der Waals surface area contributed by atoms with E-state index in [2.05, 4.69) is 10.6 Å². The Morgan fingerprint density at radius 1 is 1.23 bits per heavy atom. The van der Waals surface area contributed by atoms with E-state index in [0.717, 1.165) is 5.56 Å². The van der Waals surface area contributed by atoms with Crippen LogP contribution in [0.5, 0.6) is 0 Å². The number of benzene rings is 1. The van der Waals surface area contributed by atoms with E-state index in [0.29, 0.717) is 13.1 Å². The molecule has 124 valence electrons. The molecule has 1 aromatic carbocycles. The fourth-order valence-corrected chi connectivity index (χ4v) is 1.89. The van der Waals surface area contributed by atoms with Crippen LogP contribution in [0.2, 0.25) is 0 Å². The van der Waals surface area contributed by atoms with Crippen molar-refractivity contribution < 1.29 is 13.9 Å². The maximum absolute atomic E-state index is 12.8. The number of carbonyl (C=O) groups excluding carboxylic acids is 1. The molecule has 1 rings (SSSR count). The zero-order valence-corrected chi connectivity index (χ0v) is 14.1. The maximum Gasteiger partial charge on any atom is 0.407 e. The lowest BCUT2D eigenvalue weighted by atomic mass is 10.0. The van der Waals surface area contributed by atoms with Crippen molar-refractivity contribution in [3.05, 3.63) is 35.6 Å². The molecule has 0 heterocycles. The SMILES string of the molecule is CC(C)C(CNCc1ccc(F)cc1)NC(=O)OC(C)(C)C. The number of ether oxygens (including phenoxy) is 1. The summed E-state index contributed by atoms with van der Waals surface area (Å²) in [7, 11) is 0. The summed E-state index contributed by atoms with van der Waals surface area (Å²) in [6.45, 7) is 10.8. The van der Waals surface area contributed by atoms with Gasteiger partial charge < -0.3 is 15.4 Å². The number of carbonyl (C=O) groups is 1. The van der Waals surface area contributed by atoms with Gasteiger partial charge in [0.25, 0.3) is 0 Å². The molecular weight excluding hydrogens is 283 g/mol. The third-order valence-electron chi connectivity index (χ3n) is 3.11. The van der Waals surface area contributed by atoms with Gasteiger partial charge in [0.15, 0.2) is 0 Å². The van der Waals surface area contributed by atoms with Gasteiger partial charge in [-0.05, 0) is 44.4 Å². The van der Waals surface area contributed by atoms with Crippen LogP contribution in [0.3, 0.4) is 0 Å². The molecule has 2 N–H and O–H groups in total. The first kappa shape index (κ1) is 18.4. The van der Waals surface area contributed by atoms with Crippen molar-refractivity contribution in [2.75, 3.05) is 6.54 Å². The Kier molecular flexibility index (Phi) is 6.81. The number of hydrogen-bond donors (Lipinski definition) is 2. The van der Waals surface area contributed by atoms with Crippen molar-refractivity contribution in [2.45, 2.75) is 52.8 Å². The quantitative estimate of drug-likeness (QED) is 0.846. The van der Waals surface area contributed by atoms with E-state index >= 15 is 0 Å². The smallest absolute Gasteiger partial charge is 0.407 e. The highest BCUT2D eigenvalue weighted by Crippen LogP contribution is 2.09. The number of nitrogens with one attached hydrogen (secondary N) is 2. The van der Waals surface area contributed by atoms with Crippen LogP contribution in [-0.4, -0.2) is 24.3 Å². The Bertz CT molecular complexity index is 467. The Morgan fingerprint density at radius 3 is 2.32 bits per heavy atom. The van der Waals surface area contributed by atoms with Gasteiger partial charge >= 0.3 is 6.09 Å². The molecule has 0 saturated heterocycles. The molecular formula is C17H27FN2O2. The van der Waals surface area contributed by atoms with E-state index in [9.17, 15) is 9.18 Å². The van der Waals surface area contributed by atoms with Crippen LogP contribution in [0.4, 0.5) is 9.18 Å². The second-order valence-corrected chi connectivity index (χ2v) is 6.75. The first-order chi connectivity index (χ1) is 10.2. The zero-order valence-electron chi connectivity index (χ0n) is 14.1. The highest BCUT2D eigenvalue weighted by molar-refractivity contribution is 5.68. The molecule has 1 atom stereocenters. The van der Waals surface area contributed by atoms with Gasteiger partial charge in [-0.1, -0.05) is 26.0 Å². The Balaban J connectivity index is 2.44. The van der Waals surface area contributed by atoms with Crippen LogP contribution in [0.1, 0.15) is 40.2 Å². The third-order valence-corrected chi connectivity index (χ3v) is 3.11. The molecule has 0 saturated carbocycles. The minimum Gasteiger partial charge on any atom is -0.444 e. The van der Waals surface area contributed by atoms with E-state index < -0.39 is 11.7 Å². The normalized spacial score (nSPS) is 13.0. The summed E-state index contributed by atoms with van der Waals surface area (Å²) in [5.41, 5.74) is 0.494. The second kappa shape index (κ2) is 8.13. The lowest BCUT2D eigenvalue weighted by molar-refractivity contribution is 0.0490. The summed E-state index contributed by atoms with van der Waals surface area (Å²) >= 11 is 0. The van der Waals surface area contributed by atoms with Gasteiger partial charge in [0.2, 0.25) is 0 Å². The largest absolute Gasteiger partial charge is 0.444 e. The van der Waals surface area contributed by atoms with Gasteiger partial charge in [0.1, 0.15) is 11.4 Å². The molecule has 5 heteroatoms. The third kappa shape index (κ3) is 7.41. The van der Waals surface area contributed by atoms with Crippen molar-refractivity contribution >= 4 is 6.09 Å². The molecule has 0 aromatic heterocycles. The van der Waals surface area contributed by atoms with Gasteiger partial charge in [-0.2, -0.15) is 0 Å². The number of amides is 1. The molecule has 0 aliphatic rings. The van der Waals surface area contributed by atoms with E-state index in [1.54, 1.807) is 12.1 Å². The van der Waals surface area contributed by atoms with Crippen LogP contribution >= 0.6 is 0 Å². The molecule has 0 radical (unpaired) electrons. The topological polar surface area (TPSA) is 50.4 Å². The monoisotopic (exact) mass is 310 g/mol. The van der Waals surface area contributed by atoms with E-state index in [1.165, 1.54) is 12.1 Å². The van der Waals surface area contributed by atoms with Crippen LogP contribution in [0.15, 0.2) is 24.3 Å². The van der Waals surface area contributed by atoms with Gasteiger partial charge in [0.05, 0.1) is 0 Å². The van der Waals surface area contributed by atoms with E-state index in [-0.39, 0.29) is 17.8 Å². The highest BCUT2D eigenvalue weighted by atomic mass is 19.1. The molecule has 0 aliphatic heterocycles. The van der Waals surface area contributed by atoms with Crippen LogP contribution < -0.4 is 10.6 Å². The van der Waals surface area contributed by atoms with Crippen molar-refractivity contribution in [2.24, 2.45) is 5.92 Å². The fraction of sp³-hybridized carbons (Fsp3) is 0.588. The van der Waals surface area contributed by atoms with Gasteiger partial charge in [0, 0.05) is 19.1 Å². The average molecular weight is 310 g/mol. The van der Waals surface area contributed by atoms with Crippen molar-refractivity contribution in [1.29, 1.82) is 0 Å².